The molecule has 0 fully saturated rings. The maximum atomic E-state index is 12.6. The lowest BCUT2D eigenvalue weighted by Gasteiger charge is -2.09. The highest BCUT2D eigenvalue weighted by Crippen LogP contribution is 2.21. The van der Waals surface area contributed by atoms with Gasteiger partial charge in [-0.25, -0.2) is 23.1 Å². The number of sulfonamides is 1. The van der Waals surface area contributed by atoms with Crippen LogP contribution < -0.4 is 4.72 Å². The molecule has 2 aromatic heterocycles. The third-order valence-electron chi connectivity index (χ3n) is 4.40. The molecule has 0 aliphatic carbocycles. The van der Waals surface area contributed by atoms with E-state index in [1.807, 2.05) is 0 Å². The molecule has 0 saturated carbocycles. The van der Waals surface area contributed by atoms with Gasteiger partial charge in [0.25, 0.3) is 21.8 Å². The van der Waals surface area contributed by atoms with Gasteiger partial charge in [-0.1, -0.05) is 6.07 Å². The summed E-state index contributed by atoms with van der Waals surface area (Å²) in [6, 6.07) is 10.7. The molecule has 1 aliphatic rings. The summed E-state index contributed by atoms with van der Waals surface area (Å²) in [5, 5.41) is 12.7. The zero-order valence-corrected chi connectivity index (χ0v) is 17.9. The number of imide groups is 1. The van der Waals surface area contributed by atoms with E-state index in [0.29, 0.717) is 16.4 Å². The van der Waals surface area contributed by atoms with Crippen LogP contribution in [0.15, 0.2) is 87.3 Å². The van der Waals surface area contributed by atoms with Crippen molar-refractivity contribution in [1.82, 2.24) is 20.0 Å². The van der Waals surface area contributed by atoms with E-state index in [2.05, 4.69) is 35.0 Å². The standard InChI is InChI=1S/C20H16N8O4S/c1-13-17(19(30)28(26-13)18(29)16-5-2-3-10-21-16)25-24-14-6-8-15(9-7-14)33(31,32)27-20-22-11-4-12-23-20/h2-12,17H,1H3,(H,22,23,27). The second-order valence-electron chi connectivity index (χ2n) is 6.70. The molecule has 0 bridgehead atoms. The summed E-state index contributed by atoms with van der Waals surface area (Å²) >= 11 is 0. The molecule has 12 nitrogen and oxygen atoms in total. The van der Waals surface area contributed by atoms with Gasteiger partial charge < -0.3 is 0 Å². The van der Waals surface area contributed by atoms with Crippen LogP contribution in [-0.2, 0) is 14.8 Å². The number of anilines is 1. The molecule has 3 aromatic rings. The van der Waals surface area contributed by atoms with E-state index in [4.69, 9.17) is 0 Å². The first-order chi connectivity index (χ1) is 15.8. The zero-order chi connectivity index (χ0) is 23.4. The normalized spacial score (nSPS) is 16.2. The number of amides is 2. The Bertz CT molecular complexity index is 1340. The number of carbonyl (C=O) groups is 2. The van der Waals surface area contributed by atoms with Crippen LogP contribution in [0.25, 0.3) is 0 Å². The fourth-order valence-corrected chi connectivity index (χ4v) is 3.74. The number of carbonyl (C=O) groups excluding carboxylic acids is 2. The van der Waals surface area contributed by atoms with Crippen LogP contribution >= 0.6 is 0 Å². The van der Waals surface area contributed by atoms with Crippen molar-refractivity contribution in [2.24, 2.45) is 15.3 Å². The predicted octanol–water partition coefficient (Wildman–Crippen LogP) is 2.18. The molecular weight excluding hydrogens is 448 g/mol. The highest BCUT2D eigenvalue weighted by Gasteiger charge is 2.38. The number of azo groups is 1. The number of benzene rings is 1. The topological polar surface area (TPSA) is 159 Å². The zero-order valence-electron chi connectivity index (χ0n) is 17.1. The van der Waals surface area contributed by atoms with Crippen LogP contribution in [0.4, 0.5) is 11.6 Å². The van der Waals surface area contributed by atoms with E-state index in [1.165, 1.54) is 48.9 Å². The van der Waals surface area contributed by atoms with Gasteiger partial charge in [-0.15, -0.1) is 0 Å². The molecule has 1 N–H and O–H groups in total. The number of hydrogen-bond acceptors (Lipinski definition) is 10. The van der Waals surface area contributed by atoms with Crippen LogP contribution in [-0.4, -0.2) is 51.9 Å². The fourth-order valence-electron chi connectivity index (χ4n) is 2.78. The fraction of sp³-hybridized carbons (Fsp3) is 0.100. The van der Waals surface area contributed by atoms with Crippen LogP contribution in [0.1, 0.15) is 17.4 Å². The quantitative estimate of drug-likeness (QED) is 0.432. The number of aromatic nitrogens is 3. The highest BCUT2D eigenvalue weighted by molar-refractivity contribution is 7.92. The van der Waals surface area contributed by atoms with Gasteiger partial charge in [-0.3, -0.25) is 14.6 Å². The van der Waals surface area contributed by atoms with E-state index in [-0.39, 0.29) is 16.5 Å². The molecule has 2 amide bonds. The van der Waals surface area contributed by atoms with Crippen LogP contribution in [0.2, 0.25) is 0 Å². The van der Waals surface area contributed by atoms with Gasteiger partial charge >= 0.3 is 0 Å². The minimum atomic E-state index is -3.89. The molecule has 1 aromatic carbocycles. The first kappa shape index (κ1) is 21.8. The highest BCUT2D eigenvalue weighted by atomic mass is 32.2. The number of nitrogens with zero attached hydrogens (tertiary/aromatic N) is 7. The summed E-state index contributed by atoms with van der Waals surface area (Å²) < 4.78 is 27.1. The molecule has 3 heterocycles. The van der Waals surface area contributed by atoms with Crippen molar-refractivity contribution in [2.75, 3.05) is 4.72 Å². The number of rotatable bonds is 6. The van der Waals surface area contributed by atoms with Gasteiger partial charge in [-0.2, -0.15) is 20.3 Å². The molecule has 1 unspecified atom stereocenters. The molecule has 166 valence electrons. The molecule has 13 heteroatoms. The molecule has 0 spiro atoms. The second-order valence-corrected chi connectivity index (χ2v) is 8.38. The number of pyridine rings is 1. The lowest BCUT2D eigenvalue weighted by Crippen LogP contribution is -2.34. The van der Waals surface area contributed by atoms with Crippen molar-refractivity contribution in [1.29, 1.82) is 0 Å². The van der Waals surface area contributed by atoms with Gasteiger partial charge in [0.15, 0.2) is 6.04 Å². The number of hydrazone groups is 1. The Labute approximate surface area is 188 Å². The SMILES string of the molecule is CC1=NN(C(=O)c2ccccn2)C(=O)C1N=Nc1ccc(S(=O)(=O)Nc2ncccn2)cc1. The van der Waals surface area contributed by atoms with E-state index in [1.54, 1.807) is 25.1 Å². The van der Waals surface area contributed by atoms with E-state index in [0.717, 1.165) is 0 Å². The molecule has 33 heavy (non-hydrogen) atoms. The van der Waals surface area contributed by atoms with Crippen LogP contribution in [0.5, 0.6) is 0 Å². The van der Waals surface area contributed by atoms with Crippen molar-refractivity contribution in [2.45, 2.75) is 17.9 Å². The van der Waals surface area contributed by atoms with Crippen molar-refractivity contribution in [3.63, 3.8) is 0 Å². The second kappa shape index (κ2) is 9.00. The first-order valence-corrected chi connectivity index (χ1v) is 11.0. The molecular formula is C20H16N8O4S. The van der Waals surface area contributed by atoms with Gasteiger partial charge in [0.2, 0.25) is 5.95 Å². The van der Waals surface area contributed by atoms with Crippen molar-refractivity contribution < 1.29 is 18.0 Å². The lowest BCUT2D eigenvalue weighted by atomic mass is 10.2. The molecule has 1 atom stereocenters. The lowest BCUT2D eigenvalue weighted by molar-refractivity contribution is -0.127. The number of hydrogen-bond donors (Lipinski definition) is 1. The Morgan fingerprint density at radius 3 is 2.36 bits per heavy atom. The summed E-state index contributed by atoms with van der Waals surface area (Å²) in [7, 11) is -3.89. The van der Waals surface area contributed by atoms with E-state index >= 15 is 0 Å². The molecule has 0 radical (unpaired) electrons. The third kappa shape index (κ3) is 4.77. The van der Waals surface area contributed by atoms with Crippen molar-refractivity contribution in [3.05, 3.63) is 72.8 Å². The molecule has 0 saturated heterocycles. The number of nitrogens with one attached hydrogen (secondary N) is 1. The first-order valence-electron chi connectivity index (χ1n) is 9.50. The summed E-state index contributed by atoms with van der Waals surface area (Å²) in [5.41, 5.74) is 0.672. The largest absolute Gasteiger partial charge is 0.299 e. The average molecular weight is 464 g/mol. The molecule has 1 aliphatic heterocycles. The minimum Gasteiger partial charge on any atom is -0.269 e. The Morgan fingerprint density at radius 1 is 1.00 bits per heavy atom. The smallest absolute Gasteiger partial charge is 0.269 e. The minimum absolute atomic E-state index is 0.0317. The summed E-state index contributed by atoms with van der Waals surface area (Å²) in [4.78, 5) is 36.6. The maximum Gasteiger partial charge on any atom is 0.299 e. The Hall–Kier alpha value is -4.39. The Balaban J connectivity index is 1.45. The van der Waals surface area contributed by atoms with Gasteiger partial charge in [-0.05, 0) is 49.4 Å². The summed E-state index contributed by atoms with van der Waals surface area (Å²) in [5.74, 6) is -1.37. The monoisotopic (exact) mass is 464 g/mol. The van der Waals surface area contributed by atoms with Crippen molar-refractivity contribution >= 4 is 39.2 Å². The van der Waals surface area contributed by atoms with Gasteiger partial charge in [0, 0.05) is 18.6 Å². The van der Waals surface area contributed by atoms with Gasteiger partial charge in [0.1, 0.15) is 5.69 Å². The maximum absolute atomic E-state index is 12.6. The van der Waals surface area contributed by atoms with E-state index in [9.17, 15) is 18.0 Å². The Morgan fingerprint density at radius 2 is 1.70 bits per heavy atom. The Kier molecular flexibility index (Phi) is 5.95. The third-order valence-corrected chi connectivity index (χ3v) is 5.74. The predicted molar refractivity (Wildman–Crippen MR) is 116 cm³/mol. The van der Waals surface area contributed by atoms with Crippen LogP contribution in [0, 0.1) is 0 Å². The summed E-state index contributed by atoms with van der Waals surface area (Å²) in [6.45, 7) is 1.56. The van der Waals surface area contributed by atoms with E-state index < -0.39 is 27.9 Å². The summed E-state index contributed by atoms with van der Waals surface area (Å²) in [6.07, 6.45) is 4.26. The van der Waals surface area contributed by atoms with Gasteiger partial charge in [0.05, 0.1) is 16.3 Å². The van der Waals surface area contributed by atoms with Crippen molar-refractivity contribution in [3.8, 4) is 0 Å². The van der Waals surface area contributed by atoms with Crippen LogP contribution in [0.3, 0.4) is 0 Å². The molecule has 4 rings (SSSR count). The average Bonchev–Trinajstić information content (AvgIpc) is 3.11.